The second-order valence-electron chi connectivity index (χ2n) is 5.00. The van der Waals surface area contributed by atoms with Crippen LogP contribution in [0.4, 0.5) is 4.79 Å². The molecule has 0 saturated carbocycles. The summed E-state index contributed by atoms with van der Waals surface area (Å²) in [7, 11) is 0. The van der Waals surface area contributed by atoms with Gasteiger partial charge in [-0.1, -0.05) is 18.2 Å². The number of amides is 1. The molecule has 0 radical (unpaired) electrons. The lowest BCUT2D eigenvalue weighted by molar-refractivity contribution is 0.0805. The van der Waals surface area contributed by atoms with E-state index in [1.807, 2.05) is 30.3 Å². The minimum Gasteiger partial charge on any atom is -0.465 e. The van der Waals surface area contributed by atoms with Gasteiger partial charge in [-0.05, 0) is 18.6 Å². The molecule has 0 aliphatic carbocycles. The molecule has 0 fully saturated rings. The van der Waals surface area contributed by atoms with Crippen LogP contribution in [0.5, 0.6) is 0 Å². The summed E-state index contributed by atoms with van der Waals surface area (Å²) in [6.07, 6.45) is 1.02. The molecule has 114 valence electrons. The molecule has 1 aromatic carbocycles. The fourth-order valence-corrected chi connectivity index (χ4v) is 3.51. The summed E-state index contributed by atoms with van der Waals surface area (Å²) in [5.41, 5.74) is 1.11. The summed E-state index contributed by atoms with van der Waals surface area (Å²) in [5, 5.41) is 16.0. The van der Waals surface area contributed by atoms with Crippen molar-refractivity contribution in [3.63, 3.8) is 0 Å². The molecule has 0 spiro atoms. The number of Topliss-reactive ketones (excluding diaryl/α,β-unsaturated/α-hetero) is 1. The largest absolute Gasteiger partial charge is 0.465 e. The summed E-state index contributed by atoms with van der Waals surface area (Å²) in [6.45, 7) is -0.109. The van der Waals surface area contributed by atoms with E-state index in [4.69, 9.17) is 0 Å². The lowest BCUT2D eigenvalue weighted by Gasteiger charge is -2.32. The highest BCUT2D eigenvalue weighted by molar-refractivity contribution is 7.99. The lowest BCUT2D eigenvalue weighted by atomic mass is 9.98. The van der Waals surface area contributed by atoms with Crippen molar-refractivity contribution in [2.45, 2.75) is 17.4 Å². The van der Waals surface area contributed by atoms with Gasteiger partial charge in [0, 0.05) is 10.6 Å². The Kier molecular flexibility index (Phi) is 4.15. The number of aromatic amines is 1. The second kappa shape index (κ2) is 6.23. The highest BCUT2D eigenvalue weighted by atomic mass is 32.2. The van der Waals surface area contributed by atoms with E-state index in [1.54, 1.807) is 11.8 Å². The van der Waals surface area contributed by atoms with E-state index in [0.29, 0.717) is 17.7 Å². The highest BCUT2D eigenvalue weighted by Crippen LogP contribution is 2.32. The average molecular weight is 317 g/mol. The second-order valence-corrected chi connectivity index (χ2v) is 6.17. The van der Waals surface area contributed by atoms with Gasteiger partial charge in [-0.25, -0.2) is 4.79 Å². The molecule has 3 rings (SSSR count). The van der Waals surface area contributed by atoms with E-state index in [-0.39, 0.29) is 18.4 Å². The van der Waals surface area contributed by atoms with Crippen molar-refractivity contribution in [1.29, 1.82) is 0 Å². The Morgan fingerprint density at radius 1 is 1.41 bits per heavy atom. The molecule has 2 aromatic rings. The summed E-state index contributed by atoms with van der Waals surface area (Å²) >= 11 is 1.67. The van der Waals surface area contributed by atoms with Gasteiger partial charge in [-0.3, -0.25) is 14.8 Å². The standard InChI is InChI=1S/C15H15N3O3S/c19-13-9-18(15(20)21)12(14-11(13)8-16-17-14)6-7-22-10-4-2-1-3-5-10/h1-5,8,12H,6-7,9H2,(H,16,17)(H,20,21). The lowest BCUT2D eigenvalue weighted by Crippen LogP contribution is -2.42. The first-order chi connectivity index (χ1) is 10.7. The van der Waals surface area contributed by atoms with Gasteiger partial charge >= 0.3 is 6.09 Å². The predicted molar refractivity (Wildman–Crippen MR) is 82.2 cm³/mol. The third-order valence-corrected chi connectivity index (χ3v) is 4.69. The van der Waals surface area contributed by atoms with Crippen molar-refractivity contribution in [2.75, 3.05) is 12.3 Å². The maximum absolute atomic E-state index is 11.9. The Morgan fingerprint density at radius 2 is 2.18 bits per heavy atom. The molecule has 22 heavy (non-hydrogen) atoms. The normalized spacial score (nSPS) is 17.4. The Morgan fingerprint density at radius 3 is 2.91 bits per heavy atom. The van der Waals surface area contributed by atoms with Crippen molar-refractivity contribution in [1.82, 2.24) is 15.1 Å². The van der Waals surface area contributed by atoms with Gasteiger partial charge in [0.1, 0.15) is 0 Å². The number of nitrogens with one attached hydrogen (secondary N) is 1. The molecular weight excluding hydrogens is 302 g/mol. The van der Waals surface area contributed by atoms with E-state index in [2.05, 4.69) is 10.2 Å². The van der Waals surface area contributed by atoms with Gasteiger partial charge in [0.2, 0.25) is 0 Å². The third-order valence-electron chi connectivity index (χ3n) is 3.64. The van der Waals surface area contributed by atoms with Crippen LogP contribution in [0.3, 0.4) is 0 Å². The van der Waals surface area contributed by atoms with Gasteiger partial charge < -0.3 is 5.11 Å². The Balaban J connectivity index is 1.74. The molecule has 1 aliphatic heterocycles. The topological polar surface area (TPSA) is 86.3 Å². The number of ketones is 1. The van der Waals surface area contributed by atoms with Gasteiger partial charge in [0.25, 0.3) is 0 Å². The molecule has 2 N–H and O–H groups in total. The number of aromatic nitrogens is 2. The first-order valence-electron chi connectivity index (χ1n) is 6.90. The number of hydrogen-bond donors (Lipinski definition) is 2. The highest BCUT2D eigenvalue weighted by Gasteiger charge is 2.36. The Hall–Kier alpha value is -2.28. The van der Waals surface area contributed by atoms with Crippen LogP contribution in [0.2, 0.25) is 0 Å². The number of nitrogens with zero attached hydrogens (tertiary/aromatic N) is 2. The van der Waals surface area contributed by atoms with E-state index in [9.17, 15) is 14.7 Å². The van der Waals surface area contributed by atoms with E-state index >= 15 is 0 Å². The summed E-state index contributed by atoms with van der Waals surface area (Å²) < 4.78 is 0. The quantitative estimate of drug-likeness (QED) is 0.847. The van der Waals surface area contributed by atoms with Crippen molar-refractivity contribution < 1.29 is 14.7 Å². The van der Waals surface area contributed by atoms with Gasteiger partial charge in [0.15, 0.2) is 5.78 Å². The first kappa shape index (κ1) is 14.6. The van der Waals surface area contributed by atoms with Crippen LogP contribution < -0.4 is 0 Å². The molecule has 1 atom stereocenters. The van der Waals surface area contributed by atoms with E-state index in [1.165, 1.54) is 11.1 Å². The number of carbonyl (C=O) groups is 2. The molecular formula is C15H15N3O3S. The van der Waals surface area contributed by atoms with E-state index < -0.39 is 6.09 Å². The fraction of sp³-hybridized carbons (Fsp3) is 0.267. The molecule has 1 aromatic heterocycles. The fourth-order valence-electron chi connectivity index (χ4n) is 2.58. The van der Waals surface area contributed by atoms with Crippen LogP contribution in [0.25, 0.3) is 0 Å². The van der Waals surface area contributed by atoms with Gasteiger partial charge in [0.05, 0.1) is 30.0 Å². The zero-order valence-corrected chi connectivity index (χ0v) is 12.5. The molecule has 1 aliphatic rings. The molecule has 6 nitrogen and oxygen atoms in total. The monoisotopic (exact) mass is 317 g/mol. The van der Waals surface area contributed by atoms with Crippen molar-refractivity contribution >= 4 is 23.6 Å². The number of benzene rings is 1. The van der Waals surface area contributed by atoms with Gasteiger partial charge in [-0.15, -0.1) is 11.8 Å². The number of H-pyrrole nitrogens is 1. The summed E-state index contributed by atoms with van der Waals surface area (Å²) in [6, 6.07) is 9.58. The van der Waals surface area contributed by atoms with Crippen LogP contribution in [0.1, 0.15) is 28.5 Å². The van der Waals surface area contributed by atoms with Crippen LogP contribution >= 0.6 is 11.8 Å². The molecule has 0 saturated heterocycles. The smallest absolute Gasteiger partial charge is 0.408 e. The summed E-state index contributed by atoms with van der Waals surface area (Å²) in [5.74, 6) is 0.545. The summed E-state index contributed by atoms with van der Waals surface area (Å²) in [4.78, 5) is 25.7. The molecule has 2 heterocycles. The van der Waals surface area contributed by atoms with Crippen molar-refractivity contribution in [3.05, 3.63) is 47.8 Å². The minimum absolute atomic E-state index is 0.109. The van der Waals surface area contributed by atoms with E-state index in [0.717, 1.165) is 10.6 Å². The minimum atomic E-state index is -1.08. The number of rotatable bonds is 4. The molecule has 0 bridgehead atoms. The van der Waals surface area contributed by atoms with Crippen LogP contribution in [0, 0.1) is 0 Å². The van der Waals surface area contributed by atoms with Crippen LogP contribution in [-0.4, -0.2) is 44.4 Å². The number of hydrogen-bond acceptors (Lipinski definition) is 4. The Bertz CT molecular complexity index is 686. The van der Waals surface area contributed by atoms with Crippen molar-refractivity contribution in [3.8, 4) is 0 Å². The predicted octanol–water partition coefficient (Wildman–Crippen LogP) is 2.81. The zero-order chi connectivity index (χ0) is 15.5. The molecule has 1 unspecified atom stereocenters. The molecule has 7 heteroatoms. The van der Waals surface area contributed by atoms with Gasteiger partial charge in [-0.2, -0.15) is 5.10 Å². The third kappa shape index (κ3) is 2.85. The zero-order valence-electron chi connectivity index (χ0n) is 11.7. The average Bonchev–Trinajstić information content (AvgIpc) is 3.00. The SMILES string of the molecule is O=C1CN(C(=O)O)C(CCSc2ccccc2)c2[nH]ncc21. The Labute approximate surface area is 131 Å². The number of carbonyl (C=O) groups excluding carboxylic acids is 1. The number of thioether (sulfide) groups is 1. The number of carboxylic acid groups (broad SMARTS) is 1. The van der Waals surface area contributed by atoms with Crippen LogP contribution in [0.15, 0.2) is 41.4 Å². The maximum atomic E-state index is 11.9. The first-order valence-corrected chi connectivity index (χ1v) is 7.89. The molecule has 1 amide bonds. The van der Waals surface area contributed by atoms with Crippen molar-refractivity contribution in [2.24, 2.45) is 0 Å². The number of fused-ring (bicyclic) bond motifs is 1. The van der Waals surface area contributed by atoms with Crippen LogP contribution in [-0.2, 0) is 0 Å². The maximum Gasteiger partial charge on any atom is 0.408 e.